The number of anilines is 1. The molecule has 0 radical (unpaired) electrons. The Morgan fingerprint density at radius 3 is 2.95 bits per heavy atom. The third-order valence-corrected chi connectivity index (χ3v) is 3.66. The molecule has 1 amide bonds. The molecular formula is C14H19N5O2S. The van der Waals surface area contributed by atoms with E-state index in [0.717, 1.165) is 18.0 Å². The summed E-state index contributed by atoms with van der Waals surface area (Å²) in [5.41, 5.74) is 0.384. The van der Waals surface area contributed by atoms with Crippen LogP contribution in [0.4, 0.5) is 5.13 Å². The number of hydrogen-bond acceptors (Lipinski definition) is 7. The molecule has 0 spiro atoms. The van der Waals surface area contributed by atoms with E-state index in [1.807, 2.05) is 21.0 Å². The highest BCUT2D eigenvalue weighted by Crippen LogP contribution is 2.19. The van der Waals surface area contributed by atoms with Crippen molar-refractivity contribution in [1.29, 1.82) is 0 Å². The van der Waals surface area contributed by atoms with Crippen LogP contribution < -0.4 is 10.1 Å². The van der Waals surface area contributed by atoms with Crippen LogP contribution in [0.25, 0.3) is 0 Å². The van der Waals surface area contributed by atoms with Crippen LogP contribution in [0.1, 0.15) is 22.3 Å². The lowest BCUT2D eigenvalue weighted by atomic mass is 10.2. The molecule has 0 bridgehead atoms. The number of amides is 1. The van der Waals surface area contributed by atoms with E-state index in [-0.39, 0.29) is 5.91 Å². The van der Waals surface area contributed by atoms with Crippen molar-refractivity contribution in [2.24, 2.45) is 0 Å². The van der Waals surface area contributed by atoms with Gasteiger partial charge >= 0.3 is 0 Å². The minimum absolute atomic E-state index is 0.299. The second-order valence-electron chi connectivity index (χ2n) is 4.80. The van der Waals surface area contributed by atoms with Gasteiger partial charge in [-0.15, -0.1) is 10.2 Å². The van der Waals surface area contributed by atoms with Crippen molar-refractivity contribution in [1.82, 2.24) is 20.1 Å². The molecule has 2 rings (SSSR count). The first-order valence-corrected chi connectivity index (χ1v) is 7.78. The topological polar surface area (TPSA) is 80.2 Å². The fourth-order valence-corrected chi connectivity index (χ4v) is 2.43. The molecule has 0 aliphatic heterocycles. The Labute approximate surface area is 133 Å². The van der Waals surface area contributed by atoms with Gasteiger partial charge < -0.3 is 9.64 Å². The van der Waals surface area contributed by atoms with Gasteiger partial charge in [0.2, 0.25) is 11.0 Å². The number of carbonyl (C=O) groups is 1. The zero-order valence-corrected chi connectivity index (χ0v) is 13.7. The maximum atomic E-state index is 12.3. The molecule has 2 aromatic heterocycles. The summed E-state index contributed by atoms with van der Waals surface area (Å²) in [6.07, 6.45) is 2.39. The summed E-state index contributed by atoms with van der Waals surface area (Å²) >= 11 is 1.38. The Hall–Kier alpha value is -2.06. The minimum Gasteiger partial charge on any atom is -0.477 e. The molecule has 0 aliphatic rings. The predicted molar refractivity (Wildman–Crippen MR) is 85.5 cm³/mol. The van der Waals surface area contributed by atoms with Gasteiger partial charge in [-0.1, -0.05) is 11.3 Å². The fraction of sp³-hybridized carbons (Fsp3) is 0.429. The van der Waals surface area contributed by atoms with E-state index >= 15 is 0 Å². The minimum atomic E-state index is -0.299. The van der Waals surface area contributed by atoms with Gasteiger partial charge in [-0.05, 0) is 33.2 Å². The molecule has 0 unspecified atom stereocenters. The van der Waals surface area contributed by atoms with Crippen LogP contribution >= 0.6 is 11.3 Å². The SMILES string of the molecule is CCOc1ncccc1C(=O)Nc1nnc(CCN(C)C)s1. The third-order valence-electron chi connectivity index (χ3n) is 2.76. The van der Waals surface area contributed by atoms with E-state index in [2.05, 4.69) is 25.4 Å². The van der Waals surface area contributed by atoms with Crippen molar-refractivity contribution >= 4 is 22.4 Å². The third kappa shape index (κ3) is 4.47. The molecule has 0 fully saturated rings. The second kappa shape index (κ2) is 7.81. The summed E-state index contributed by atoms with van der Waals surface area (Å²) in [5, 5.41) is 12.2. The van der Waals surface area contributed by atoms with E-state index in [1.54, 1.807) is 18.3 Å². The molecule has 2 heterocycles. The quantitative estimate of drug-likeness (QED) is 0.836. The molecule has 0 saturated heterocycles. The first-order valence-electron chi connectivity index (χ1n) is 6.96. The van der Waals surface area contributed by atoms with Gasteiger partial charge in [0.25, 0.3) is 5.91 Å². The molecular weight excluding hydrogens is 302 g/mol. The number of pyridine rings is 1. The number of nitrogens with zero attached hydrogens (tertiary/aromatic N) is 4. The standard InChI is InChI=1S/C14H19N5O2S/c1-4-21-13-10(6-5-8-15-13)12(20)16-14-18-17-11(22-14)7-9-19(2)3/h5-6,8H,4,7,9H2,1-3H3,(H,16,18,20). The van der Waals surface area contributed by atoms with Crippen molar-refractivity contribution in [2.45, 2.75) is 13.3 Å². The first-order chi connectivity index (χ1) is 10.6. The first kappa shape index (κ1) is 16.3. The number of carbonyl (C=O) groups excluding carboxylic acids is 1. The molecule has 2 aromatic rings. The summed E-state index contributed by atoms with van der Waals surface area (Å²) in [6.45, 7) is 3.18. The molecule has 22 heavy (non-hydrogen) atoms. The average molecular weight is 321 g/mol. The average Bonchev–Trinajstić information content (AvgIpc) is 2.93. The molecule has 0 saturated carbocycles. The predicted octanol–water partition coefficient (Wildman–Crippen LogP) is 1.69. The van der Waals surface area contributed by atoms with Crippen LogP contribution in [0.5, 0.6) is 5.88 Å². The number of nitrogens with one attached hydrogen (secondary N) is 1. The van der Waals surface area contributed by atoms with E-state index in [9.17, 15) is 4.79 Å². The van der Waals surface area contributed by atoms with Crippen molar-refractivity contribution < 1.29 is 9.53 Å². The zero-order chi connectivity index (χ0) is 15.9. The molecule has 7 nitrogen and oxygen atoms in total. The van der Waals surface area contributed by atoms with Crippen LogP contribution in [0.2, 0.25) is 0 Å². The van der Waals surface area contributed by atoms with Crippen LogP contribution in [0, 0.1) is 0 Å². The second-order valence-corrected chi connectivity index (χ2v) is 5.86. The van der Waals surface area contributed by atoms with Gasteiger partial charge in [0.1, 0.15) is 10.6 Å². The van der Waals surface area contributed by atoms with Crippen molar-refractivity contribution in [2.75, 3.05) is 32.6 Å². The summed E-state index contributed by atoms with van der Waals surface area (Å²) in [6, 6.07) is 3.36. The highest BCUT2D eigenvalue weighted by Gasteiger charge is 2.15. The Bertz CT molecular complexity index is 629. The zero-order valence-electron chi connectivity index (χ0n) is 12.9. The molecule has 0 atom stereocenters. The lowest BCUT2D eigenvalue weighted by Gasteiger charge is -2.07. The summed E-state index contributed by atoms with van der Waals surface area (Å²) in [5.74, 6) is 0.0201. The van der Waals surface area contributed by atoms with Crippen LogP contribution in [0.3, 0.4) is 0 Å². The van der Waals surface area contributed by atoms with E-state index < -0.39 is 0 Å². The molecule has 1 N–H and O–H groups in total. The summed E-state index contributed by atoms with van der Waals surface area (Å²) < 4.78 is 5.36. The smallest absolute Gasteiger partial charge is 0.262 e. The van der Waals surface area contributed by atoms with E-state index in [4.69, 9.17) is 4.74 Å². The van der Waals surface area contributed by atoms with Gasteiger partial charge in [0, 0.05) is 19.2 Å². The summed E-state index contributed by atoms with van der Waals surface area (Å²) in [7, 11) is 4.00. The van der Waals surface area contributed by atoms with E-state index in [1.165, 1.54) is 11.3 Å². The van der Waals surface area contributed by atoms with Crippen molar-refractivity contribution in [3.63, 3.8) is 0 Å². The number of hydrogen-bond donors (Lipinski definition) is 1. The number of rotatable bonds is 7. The van der Waals surface area contributed by atoms with Crippen LogP contribution in [0.15, 0.2) is 18.3 Å². The number of ether oxygens (including phenoxy) is 1. The van der Waals surface area contributed by atoms with Gasteiger partial charge in [0.15, 0.2) is 0 Å². The van der Waals surface area contributed by atoms with Gasteiger partial charge in [-0.2, -0.15) is 0 Å². The fourth-order valence-electron chi connectivity index (χ4n) is 1.70. The van der Waals surface area contributed by atoms with Gasteiger partial charge in [-0.25, -0.2) is 4.98 Å². The van der Waals surface area contributed by atoms with E-state index in [0.29, 0.717) is 23.2 Å². The Kier molecular flexibility index (Phi) is 5.79. The maximum absolute atomic E-state index is 12.3. The highest BCUT2D eigenvalue weighted by atomic mass is 32.1. The highest BCUT2D eigenvalue weighted by molar-refractivity contribution is 7.15. The molecule has 0 aromatic carbocycles. The Morgan fingerprint density at radius 1 is 1.41 bits per heavy atom. The molecule has 118 valence electrons. The number of likely N-dealkylation sites (N-methyl/N-ethyl adjacent to an activating group) is 1. The van der Waals surface area contributed by atoms with Crippen LogP contribution in [-0.2, 0) is 6.42 Å². The number of aromatic nitrogens is 3. The monoisotopic (exact) mass is 321 g/mol. The largest absolute Gasteiger partial charge is 0.477 e. The van der Waals surface area contributed by atoms with Crippen molar-refractivity contribution in [3.05, 3.63) is 28.9 Å². The summed E-state index contributed by atoms with van der Waals surface area (Å²) in [4.78, 5) is 18.4. The van der Waals surface area contributed by atoms with Gasteiger partial charge in [-0.3, -0.25) is 10.1 Å². The maximum Gasteiger partial charge on any atom is 0.262 e. The lowest BCUT2D eigenvalue weighted by molar-refractivity contribution is 0.102. The van der Waals surface area contributed by atoms with Crippen molar-refractivity contribution in [3.8, 4) is 5.88 Å². The Balaban J connectivity index is 2.03. The normalized spacial score (nSPS) is 10.7. The molecule has 0 aliphatic carbocycles. The van der Waals surface area contributed by atoms with Crippen LogP contribution in [-0.4, -0.2) is 53.2 Å². The lowest BCUT2D eigenvalue weighted by Crippen LogP contribution is -2.14. The van der Waals surface area contributed by atoms with Gasteiger partial charge in [0.05, 0.1) is 6.61 Å². The molecule has 8 heteroatoms. The Morgan fingerprint density at radius 2 is 2.23 bits per heavy atom.